The van der Waals surface area contributed by atoms with Gasteiger partial charge in [0.1, 0.15) is 5.82 Å². The van der Waals surface area contributed by atoms with E-state index in [1.807, 2.05) is 22.6 Å². The van der Waals surface area contributed by atoms with Crippen LogP contribution in [0.15, 0.2) is 18.2 Å². The third-order valence-corrected chi connectivity index (χ3v) is 3.60. The molecule has 0 amide bonds. The molecular formula is C8H3FINO2S. The SMILES string of the molecule is O=[N+]([O-])c1cc2cc(I)c(F)cc2s1. The fraction of sp³-hybridized carbons (Fsp3) is 0. The van der Waals surface area contributed by atoms with Gasteiger partial charge in [-0.25, -0.2) is 4.39 Å². The third kappa shape index (κ3) is 1.59. The Labute approximate surface area is 95.8 Å². The van der Waals surface area contributed by atoms with Gasteiger partial charge in [0.2, 0.25) is 0 Å². The van der Waals surface area contributed by atoms with Crippen LogP contribution >= 0.6 is 33.9 Å². The Bertz CT molecular complexity index is 486. The maximum atomic E-state index is 13.1. The van der Waals surface area contributed by atoms with Crippen molar-refractivity contribution in [2.75, 3.05) is 0 Å². The van der Waals surface area contributed by atoms with Crippen LogP contribution in [0.5, 0.6) is 0 Å². The van der Waals surface area contributed by atoms with Crippen molar-refractivity contribution in [3.8, 4) is 0 Å². The van der Waals surface area contributed by atoms with Gasteiger partial charge in [-0.2, -0.15) is 0 Å². The summed E-state index contributed by atoms with van der Waals surface area (Å²) in [5.41, 5.74) is 0. The van der Waals surface area contributed by atoms with Gasteiger partial charge in [-0.15, -0.1) is 0 Å². The molecule has 0 atom stereocenters. The van der Waals surface area contributed by atoms with Crippen LogP contribution in [0.2, 0.25) is 0 Å². The van der Waals surface area contributed by atoms with Gasteiger partial charge in [0, 0.05) is 19.7 Å². The van der Waals surface area contributed by atoms with Gasteiger partial charge in [-0.05, 0) is 34.7 Å². The Morgan fingerprint density at radius 1 is 1.43 bits per heavy atom. The van der Waals surface area contributed by atoms with Crippen molar-refractivity contribution in [2.24, 2.45) is 0 Å². The first-order chi connectivity index (χ1) is 6.58. The van der Waals surface area contributed by atoms with Crippen molar-refractivity contribution in [1.29, 1.82) is 0 Å². The van der Waals surface area contributed by atoms with Crippen molar-refractivity contribution in [2.45, 2.75) is 0 Å². The molecule has 0 saturated carbocycles. The molecule has 0 aliphatic carbocycles. The third-order valence-electron chi connectivity index (χ3n) is 1.73. The first-order valence-electron chi connectivity index (χ1n) is 3.61. The summed E-state index contributed by atoms with van der Waals surface area (Å²) in [6.07, 6.45) is 0. The Morgan fingerprint density at radius 3 is 2.79 bits per heavy atom. The lowest BCUT2D eigenvalue weighted by molar-refractivity contribution is -0.380. The predicted molar refractivity (Wildman–Crippen MR) is 61.2 cm³/mol. The standard InChI is InChI=1S/C8H3FINO2S/c9-5-3-7-4(1-6(5)10)2-8(14-7)11(12)13/h1-3H. The van der Waals surface area contributed by atoms with Crippen LogP contribution in [0.4, 0.5) is 9.39 Å². The lowest BCUT2D eigenvalue weighted by atomic mass is 10.2. The number of halogens is 2. The molecule has 1 aromatic heterocycles. The van der Waals surface area contributed by atoms with Crippen molar-refractivity contribution >= 4 is 49.0 Å². The molecule has 0 radical (unpaired) electrons. The van der Waals surface area contributed by atoms with Crippen LogP contribution in [0.3, 0.4) is 0 Å². The van der Waals surface area contributed by atoms with Crippen LogP contribution in [-0.4, -0.2) is 4.92 Å². The van der Waals surface area contributed by atoms with Crippen LogP contribution in [0, 0.1) is 19.5 Å². The summed E-state index contributed by atoms with van der Waals surface area (Å²) in [6, 6.07) is 4.39. The monoisotopic (exact) mass is 323 g/mol. The maximum absolute atomic E-state index is 13.1. The molecule has 14 heavy (non-hydrogen) atoms. The van der Waals surface area contributed by atoms with E-state index >= 15 is 0 Å². The van der Waals surface area contributed by atoms with Gasteiger partial charge in [-0.1, -0.05) is 11.3 Å². The van der Waals surface area contributed by atoms with E-state index in [9.17, 15) is 14.5 Å². The molecule has 0 aliphatic rings. The molecule has 0 bridgehead atoms. The van der Waals surface area contributed by atoms with Gasteiger partial charge in [-0.3, -0.25) is 10.1 Å². The highest BCUT2D eigenvalue weighted by atomic mass is 127. The smallest absolute Gasteiger partial charge is 0.258 e. The molecule has 0 saturated heterocycles. The molecule has 0 fully saturated rings. The van der Waals surface area contributed by atoms with E-state index in [4.69, 9.17) is 0 Å². The average molecular weight is 323 g/mol. The lowest BCUT2D eigenvalue weighted by Gasteiger charge is -1.92. The molecule has 6 heteroatoms. The summed E-state index contributed by atoms with van der Waals surface area (Å²) in [4.78, 5) is 10.00. The second-order valence-electron chi connectivity index (χ2n) is 2.65. The first-order valence-corrected chi connectivity index (χ1v) is 5.50. The zero-order valence-corrected chi connectivity index (χ0v) is 9.63. The summed E-state index contributed by atoms with van der Waals surface area (Å²) in [5.74, 6) is -0.338. The Balaban J connectivity index is 2.72. The summed E-state index contributed by atoms with van der Waals surface area (Å²) >= 11 is 2.84. The van der Waals surface area contributed by atoms with E-state index < -0.39 is 4.92 Å². The van der Waals surface area contributed by atoms with E-state index in [0.29, 0.717) is 13.7 Å². The summed E-state index contributed by atoms with van der Waals surface area (Å²) < 4.78 is 14.2. The predicted octanol–water partition coefficient (Wildman–Crippen LogP) is 3.55. The number of thiophene rings is 1. The molecule has 1 aromatic carbocycles. The van der Waals surface area contributed by atoms with Crippen LogP contribution in [-0.2, 0) is 0 Å². The molecule has 0 spiro atoms. The zero-order chi connectivity index (χ0) is 10.3. The van der Waals surface area contributed by atoms with Gasteiger partial charge < -0.3 is 0 Å². The fourth-order valence-electron chi connectivity index (χ4n) is 1.11. The van der Waals surface area contributed by atoms with E-state index in [1.54, 1.807) is 6.07 Å². The molecule has 0 aliphatic heterocycles. The second-order valence-corrected chi connectivity index (χ2v) is 4.87. The molecule has 0 unspecified atom stereocenters. The molecule has 1 heterocycles. The molecular weight excluding hydrogens is 320 g/mol. The fourth-order valence-corrected chi connectivity index (χ4v) is 2.49. The quantitative estimate of drug-likeness (QED) is 0.458. The maximum Gasteiger partial charge on any atom is 0.325 e. The van der Waals surface area contributed by atoms with E-state index in [2.05, 4.69) is 0 Å². The molecule has 2 aromatic rings. The molecule has 0 N–H and O–H groups in total. The highest BCUT2D eigenvalue weighted by Gasteiger charge is 2.12. The van der Waals surface area contributed by atoms with Crippen molar-refractivity contribution < 1.29 is 9.31 Å². The highest BCUT2D eigenvalue weighted by molar-refractivity contribution is 14.1. The van der Waals surface area contributed by atoms with Gasteiger partial charge in [0.15, 0.2) is 0 Å². The van der Waals surface area contributed by atoms with E-state index in [1.165, 1.54) is 12.1 Å². The zero-order valence-electron chi connectivity index (χ0n) is 6.66. The minimum atomic E-state index is -0.463. The van der Waals surface area contributed by atoms with Gasteiger partial charge in [0.25, 0.3) is 0 Å². The summed E-state index contributed by atoms with van der Waals surface area (Å²) in [7, 11) is 0. The van der Waals surface area contributed by atoms with Gasteiger partial charge in [0.05, 0.1) is 4.92 Å². The molecule has 2 rings (SSSR count). The number of rotatable bonds is 1. The Kier molecular flexibility index (Phi) is 2.40. The van der Waals surface area contributed by atoms with E-state index in [0.717, 1.165) is 11.3 Å². The van der Waals surface area contributed by atoms with Gasteiger partial charge >= 0.3 is 5.00 Å². The number of benzene rings is 1. The topological polar surface area (TPSA) is 43.1 Å². The molecule has 72 valence electrons. The van der Waals surface area contributed by atoms with Crippen molar-refractivity contribution in [3.63, 3.8) is 0 Å². The Hall–Kier alpha value is -0.760. The largest absolute Gasteiger partial charge is 0.325 e. The minimum absolute atomic E-state index is 0.0430. The van der Waals surface area contributed by atoms with Crippen LogP contribution in [0.25, 0.3) is 10.1 Å². The first kappa shape index (κ1) is 9.78. The normalized spacial score (nSPS) is 10.7. The van der Waals surface area contributed by atoms with E-state index in [-0.39, 0.29) is 10.8 Å². The van der Waals surface area contributed by atoms with Crippen LogP contribution < -0.4 is 0 Å². The number of hydrogen-bond donors (Lipinski definition) is 0. The highest BCUT2D eigenvalue weighted by Crippen LogP contribution is 2.33. The summed E-state index contributed by atoms with van der Waals surface area (Å²) in [5, 5.41) is 11.2. The minimum Gasteiger partial charge on any atom is -0.258 e. The lowest BCUT2D eigenvalue weighted by Crippen LogP contribution is -1.80. The second kappa shape index (κ2) is 3.43. The number of nitro groups is 1. The average Bonchev–Trinajstić information content (AvgIpc) is 2.48. The van der Waals surface area contributed by atoms with Crippen LogP contribution in [0.1, 0.15) is 0 Å². The Morgan fingerprint density at radius 2 is 2.14 bits per heavy atom. The van der Waals surface area contributed by atoms with Crippen molar-refractivity contribution in [1.82, 2.24) is 0 Å². The number of nitrogens with zero attached hydrogens (tertiary/aromatic N) is 1. The van der Waals surface area contributed by atoms with Crippen molar-refractivity contribution in [3.05, 3.63) is 37.7 Å². The number of fused-ring (bicyclic) bond motifs is 1. The summed E-state index contributed by atoms with van der Waals surface area (Å²) in [6.45, 7) is 0. The number of hydrogen-bond acceptors (Lipinski definition) is 3. The molecule has 3 nitrogen and oxygen atoms in total.